The van der Waals surface area contributed by atoms with E-state index in [9.17, 15) is 23.9 Å². The molecule has 0 saturated carbocycles. The van der Waals surface area contributed by atoms with Crippen molar-refractivity contribution in [1.29, 1.82) is 0 Å². The summed E-state index contributed by atoms with van der Waals surface area (Å²) < 4.78 is 13.5. The fourth-order valence-corrected chi connectivity index (χ4v) is 5.10. The zero-order valence-corrected chi connectivity index (χ0v) is 21.3. The number of piperidine rings is 1. The van der Waals surface area contributed by atoms with Crippen molar-refractivity contribution in [2.75, 3.05) is 13.1 Å². The van der Waals surface area contributed by atoms with E-state index in [4.69, 9.17) is 23.2 Å². The number of rotatable bonds is 7. The lowest BCUT2D eigenvalue weighted by atomic mass is 9.88. The molecular formula is C28H25Cl2FN2O4. The smallest absolute Gasteiger partial charge is 0.326 e. The van der Waals surface area contributed by atoms with Crippen LogP contribution < -0.4 is 5.32 Å². The van der Waals surface area contributed by atoms with Crippen LogP contribution in [0, 0.1) is 5.82 Å². The van der Waals surface area contributed by atoms with E-state index < -0.39 is 23.7 Å². The van der Waals surface area contributed by atoms with Crippen LogP contribution in [0.15, 0.2) is 66.7 Å². The molecule has 0 bridgehead atoms. The zero-order valence-electron chi connectivity index (χ0n) is 19.8. The van der Waals surface area contributed by atoms with E-state index in [0.717, 1.165) is 24.0 Å². The Morgan fingerprint density at radius 2 is 1.59 bits per heavy atom. The molecule has 9 heteroatoms. The SMILES string of the molecule is O=C(N[C@@H](Cc1ccc(C2CCN(C(=O)c3cccc(F)c3)CC2)cc1)C(=O)O)c1c(Cl)cccc1Cl. The van der Waals surface area contributed by atoms with E-state index in [1.165, 1.54) is 30.3 Å². The van der Waals surface area contributed by atoms with Gasteiger partial charge in [0.1, 0.15) is 11.9 Å². The molecular weight excluding hydrogens is 518 g/mol. The Kier molecular flexibility index (Phi) is 8.46. The number of likely N-dealkylation sites (tertiary alicyclic amines) is 1. The van der Waals surface area contributed by atoms with Crippen LogP contribution in [0.5, 0.6) is 0 Å². The molecule has 1 heterocycles. The average Bonchev–Trinajstić information content (AvgIpc) is 2.88. The summed E-state index contributed by atoms with van der Waals surface area (Å²) >= 11 is 12.1. The monoisotopic (exact) mass is 542 g/mol. The van der Waals surface area contributed by atoms with Gasteiger partial charge < -0.3 is 15.3 Å². The van der Waals surface area contributed by atoms with Gasteiger partial charge in [0.2, 0.25) is 0 Å². The third kappa shape index (κ3) is 6.48. The maximum Gasteiger partial charge on any atom is 0.326 e. The van der Waals surface area contributed by atoms with Crippen molar-refractivity contribution >= 4 is 41.0 Å². The van der Waals surface area contributed by atoms with Crippen LogP contribution in [-0.4, -0.2) is 46.9 Å². The number of hydrogen-bond acceptors (Lipinski definition) is 3. The lowest BCUT2D eigenvalue weighted by Gasteiger charge is -2.32. The van der Waals surface area contributed by atoms with Crippen LogP contribution in [0.1, 0.15) is 50.6 Å². The van der Waals surface area contributed by atoms with Crippen molar-refractivity contribution in [3.05, 3.63) is 105 Å². The first-order valence-corrected chi connectivity index (χ1v) is 12.6. The molecule has 3 aromatic rings. The van der Waals surface area contributed by atoms with E-state index in [2.05, 4.69) is 5.32 Å². The largest absolute Gasteiger partial charge is 0.480 e. The number of carbonyl (C=O) groups excluding carboxylic acids is 2. The zero-order chi connectivity index (χ0) is 26.5. The van der Waals surface area contributed by atoms with Crippen LogP contribution in [-0.2, 0) is 11.2 Å². The average molecular weight is 543 g/mol. The van der Waals surface area contributed by atoms with Gasteiger partial charge in [0.15, 0.2) is 0 Å². The highest BCUT2D eigenvalue weighted by Gasteiger charge is 2.26. The standard InChI is InChI=1S/C28H25Cl2FN2O4/c29-22-5-2-6-23(30)25(22)26(34)32-24(28(36)37)15-17-7-9-18(10-8-17)19-11-13-33(14-12-19)27(35)20-3-1-4-21(31)16-20/h1-10,16,19,24H,11-15H2,(H,32,34)(H,36,37)/t24-/m0/s1. The summed E-state index contributed by atoms with van der Waals surface area (Å²) in [5, 5.41) is 12.4. The highest BCUT2D eigenvalue weighted by molar-refractivity contribution is 6.39. The number of carbonyl (C=O) groups is 3. The van der Waals surface area contributed by atoms with E-state index in [0.29, 0.717) is 18.7 Å². The summed E-state index contributed by atoms with van der Waals surface area (Å²) in [4.78, 5) is 38.9. The quantitative estimate of drug-likeness (QED) is 0.408. The van der Waals surface area contributed by atoms with Gasteiger partial charge in [-0.3, -0.25) is 9.59 Å². The van der Waals surface area contributed by atoms with Crippen molar-refractivity contribution < 1.29 is 23.9 Å². The molecule has 37 heavy (non-hydrogen) atoms. The van der Waals surface area contributed by atoms with E-state index >= 15 is 0 Å². The summed E-state index contributed by atoms with van der Waals surface area (Å²) in [5.74, 6) is -2.18. The predicted octanol–water partition coefficient (Wildman–Crippen LogP) is 5.58. The van der Waals surface area contributed by atoms with E-state index in [-0.39, 0.29) is 33.9 Å². The third-order valence-electron chi connectivity index (χ3n) is 6.54. The van der Waals surface area contributed by atoms with Gasteiger partial charge in [-0.25, -0.2) is 9.18 Å². The Labute approximate surface area is 224 Å². The Bertz CT molecular complexity index is 1290. The number of carboxylic acid groups (broad SMARTS) is 1. The second-order valence-corrected chi connectivity index (χ2v) is 9.80. The van der Waals surface area contributed by atoms with Gasteiger partial charge in [0.25, 0.3) is 11.8 Å². The van der Waals surface area contributed by atoms with Crippen molar-refractivity contribution in [1.82, 2.24) is 10.2 Å². The molecule has 6 nitrogen and oxygen atoms in total. The summed E-state index contributed by atoms with van der Waals surface area (Å²) in [7, 11) is 0. The first kappa shape index (κ1) is 26.6. The lowest BCUT2D eigenvalue weighted by molar-refractivity contribution is -0.139. The number of benzene rings is 3. The van der Waals surface area contributed by atoms with Crippen LogP contribution >= 0.6 is 23.2 Å². The molecule has 1 atom stereocenters. The fraction of sp³-hybridized carbons (Fsp3) is 0.250. The summed E-state index contributed by atoms with van der Waals surface area (Å²) in [6.07, 6.45) is 1.63. The molecule has 0 aliphatic carbocycles. The minimum absolute atomic E-state index is 0.0367. The number of halogens is 3. The molecule has 1 aliphatic rings. The van der Waals surface area contributed by atoms with Gasteiger partial charge in [0, 0.05) is 25.1 Å². The molecule has 192 valence electrons. The van der Waals surface area contributed by atoms with E-state index in [1.54, 1.807) is 17.0 Å². The Morgan fingerprint density at radius 1 is 0.973 bits per heavy atom. The van der Waals surface area contributed by atoms with Gasteiger partial charge in [-0.1, -0.05) is 59.6 Å². The first-order chi connectivity index (χ1) is 17.7. The van der Waals surface area contributed by atoms with E-state index in [1.807, 2.05) is 24.3 Å². The summed E-state index contributed by atoms with van der Waals surface area (Å²) in [6.45, 7) is 1.14. The van der Waals surface area contributed by atoms with Crippen LogP contribution in [0.25, 0.3) is 0 Å². The van der Waals surface area contributed by atoms with Crippen LogP contribution in [0.4, 0.5) is 4.39 Å². The third-order valence-corrected chi connectivity index (χ3v) is 7.17. The molecule has 1 aliphatic heterocycles. The maximum atomic E-state index is 13.5. The summed E-state index contributed by atoms with van der Waals surface area (Å²) in [6, 6.07) is 16.8. The number of nitrogens with one attached hydrogen (secondary N) is 1. The number of hydrogen-bond donors (Lipinski definition) is 2. The molecule has 3 aromatic carbocycles. The molecule has 1 fully saturated rings. The van der Waals surface area contributed by atoms with Gasteiger partial charge in [-0.05, 0) is 60.2 Å². The number of carboxylic acids is 1. The highest BCUT2D eigenvalue weighted by Crippen LogP contribution is 2.29. The molecule has 4 rings (SSSR count). The topological polar surface area (TPSA) is 86.7 Å². The summed E-state index contributed by atoms with van der Waals surface area (Å²) in [5.41, 5.74) is 2.23. The van der Waals surface area contributed by atoms with Gasteiger partial charge >= 0.3 is 5.97 Å². The maximum absolute atomic E-state index is 13.5. The van der Waals surface area contributed by atoms with Gasteiger partial charge in [-0.2, -0.15) is 0 Å². The second kappa shape index (κ2) is 11.8. The molecule has 0 radical (unpaired) electrons. The Balaban J connectivity index is 1.35. The molecule has 1 saturated heterocycles. The molecule has 0 aromatic heterocycles. The predicted molar refractivity (Wildman–Crippen MR) is 140 cm³/mol. The van der Waals surface area contributed by atoms with Gasteiger partial charge in [-0.15, -0.1) is 0 Å². The van der Waals surface area contributed by atoms with Crippen molar-refractivity contribution in [3.63, 3.8) is 0 Å². The number of aliphatic carboxylic acids is 1. The van der Waals surface area contributed by atoms with Crippen LogP contribution in [0.2, 0.25) is 10.0 Å². The first-order valence-electron chi connectivity index (χ1n) is 11.8. The minimum atomic E-state index is -1.17. The molecule has 0 spiro atoms. The second-order valence-electron chi connectivity index (χ2n) is 8.98. The molecule has 2 N–H and O–H groups in total. The normalized spacial score (nSPS) is 14.7. The fourth-order valence-electron chi connectivity index (χ4n) is 4.53. The minimum Gasteiger partial charge on any atom is -0.480 e. The Hall–Kier alpha value is -3.42. The lowest BCUT2D eigenvalue weighted by Crippen LogP contribution is -2.42. The number of nitrogens with zero attached hydrogens (tertiary/aromatic N) is 1. The Morgan fingerprint density at radius 3 is 2.19 bits per heavy atom. The molecule has 0 unspecified atom stereocenters. The van der Waals surface area contributed by atoms with Crippen molar-refractivity contribution in [3.8, 4) is 0 Å². The van der Waals surface area contributed by atoms with Gasteiger partial charge in [0.05, 0.1) is 15.6 Å². The van der Waals surface area contributed by atoms with Crippen molar-refractivity contribution in [2.24, 2.45) is 0 Å². The number of amides is 2. The molecule has 2 amide bonds. The highest BCUT2D eigenvalue weighted by atomic mass is 35.5. The van der Waals surface area contributed by atoms with Crippen LogP contribution in [0.3, 0.4) is 0 Å². The van der Waals surface area contributed by atoms with Crippen molar-refractivity contribution in [2.45, 2.75) is 31.2 Å².